The van der Waals surface area contributed by atoms with Crippen LogP contribution < -0.4 is 0 Å². The molecule has 2 aliphatic rings. The van der Waals surface area contributed by atoms with Crippen LogP contribution in [0.3, 0.4) is 0 Å². The number of carbonyl (C=O) groups excluding carboxylic acids is 2. The van der Waals surface area contributed by atoms with Gasteiger partial charge in [-0.3, -0.25) is 9.59 Å². The molecule has 2 fully saturated rings. The molecule has 2 heterocycles. The maximum Gasteiger partial charge on any atom is 0.326 e. The van der Waals surface area contributed by atoms with Crippen LogP contribution in [-0.2, 0) is 9.59 Å². The van der Waals surface area contributed by atoms with Crippen molar-refractivity contribution in [3.05, 3.63) is 59.7 Å². The summed E-state index contributed by atoms with van der Waals surface area (Å²) in [5.41, 5.74) is 0.850. The van der Waals surface area contributed by atoms with E-state index in [-0.39, 0.29) is 11.8 Å². The molecule has 0 saturated carbocycles. The molecule has 2 amide bonds. The highest BCUT2D eigenvalue weighted by molar-refractivity contribution is 8.76. The van der Waals surface area contributed by atoms with Gasteiger partial charge in [-0.05, 0) is 62.8 Å². The lowest BCUT2D eigenvalue weighted by Crippen LogP contribution is -2.48. The predicted octanol–water partition coefficient (Wildman–Crippen LogP) is 4.64. The van der Waals surface area contributed by atoms with E-state index >= 15 is 0 Å². The minimum absolute atomic E-state index is 0.312. The number of hydrogen-bond acceptors (Lipinski definition) is 6. The molecule has 4 rings (SSSR count). The zero-order valence-electron chi connectivity index (χ0n) is 19.7. The van der Waals surface area contributed by atoms with Crippen LogP contribution in [0.4, 0.5) is 0 Å². The maximum atomic E-state index is 13.4. The predicted molar refractivity (Wildman–Crippen MR) is 137 cm³/mol. The van der Waals surface area contributed by atoms with Crippen LogP contribution in [0.2, 0.25) is 0 Å². The largest absolute Gasteiger partial charge is 0.480 e. The van der Waals surface area contributed by atoms with Crippen molar-refractivity contribution < 1.29 is 29.4 Å². The van der Waals surface area contributed by atoms with Gasteiger partial charge in [0.1, 0.15) is 12.1 Å². The Kier molecular flexibility index (Phi) is 8.58. The molecule has 0 unspecified atom stereocenters. The Labute approximate surface area is 217 Å². The van der Waals surface area contributed by atoms with Crippen molar-refractivity contribution in [2.45, 2.75) is 60.4 Å². The van der Waals surface area contributed by atoms with Gasteiger partial charge in [0.05, 0.1) is 11.1 Å². The van der Waals surface area contributed by atoms with E-state index in [1.807, 2.05) is 12.1 Å². The van der Waals surface area contributed by atoms with E-state index < -0.39 is 24.0 Å². The van der Waals surface area contributed by atoms with Crippen LogP contribution in [0.15, 0.2) is 58.3 Å². The molecule has 2 N–H and O–H groups in total. The summed E-state index contributed by atoms with van der Waals surface area (Å²) in [5.74, 6) is -2.61. The van der Waals surface area contributed by atoms with E-state index in [0.29, 0.717) is 46.8 Å². The molecule has 2 atom stereocenters. The summed E-state index contributed by atoms with van der Waals surface area (Å²) < 4.78 is 0. The SMILES string of the molecule is O=C(O)[C@@H]1CCCCN1C(=O)c1ccccc1SSc1ccccc1C(=O)N1CCCC[C@H]1C(=O)O. The number of aliphatic carboxylic acids is 2. The Morgan fingerprint density at radius 3 is 1.42 bits per heavy atom. The van der Waals surface area contributed by atoms with Gasteiger partial charge in [-0.1, -0.05) is 45.9 Å². The normalized spacial score (nSPS) is 20.1. The van der Waals surface area contributed by atoms with Crippen LogP contribution in [0.25, 0.3) is 0 Å². The lowest BCUT2D eigenvalue weighted by Gasteiger charge is -2.33. The number of benzene rings is 2. The topological polar surface area (TPSA) is 115 Å². The van der Waals surface area contributed by atoms with Crippen LogP contribution in [0, 0.1) is 0 Å². The van der Waals surface area contributed by atoms with Crippen molar-refractivity contribution in [1.82, 2.24) is 9.80 Å². The number of carboxylic acids is 2. The zero-order valence-corrected chi connectivity index (χ0v) is 21.3. The van der Waals surface area contributed by atoms with Gasteiger partial charge in [0, 0.05) is 22.9 Å². The van der Waals surface area contributed by atoms with Crippen molar-refractivity contribution in [3.63, 3.8) is 0 Å². The highest BCUT2D eigenvalue weighted by Crippen LogP contribution is 2.41. The van der Waals surface area contributed by atoms with Crippen LogP contribution in [0.1, 0.15) is 59.2 Å². The monoisotopic (exact) mass is 528 g/mol. The number of piperidine rings is 2. The molecule has 2 saturated heterocycles. The van der Waals surface area contributed by atoms with Crippen LogP contribution in [0.5, 0.6) is 0 Å². The van der Waals surface area contributed by atoms with E-state index in [1.165, 1.54) is 31.4 Å². The lowest BCUT2D eigenvalue weighted by molar-refractivity contribution is -0.144. The summed E-state index contributed by atoms with van der Waals surface area (Å²) in [6.45, 7) is 0.805. The molecular formula is C26H28N2O6S2. The molecule has 0 aliphatic carbocycles. The van der Waals surface area contributed by atoms with Crippen molar-refractivity contribution >= 4 is 45.3 Å². The average Bonchev–Trinajstić information content (AvgIpc) is 2.91. The van der Waals surface area contributed by atoms with Crippen molar-refractivity contribution in [3.8, 4) is 0 Å². The van der Waals surface area contributed by atoms with E-state index in [1.54, 1.807) is 36.4 Å². The third kappa shape index (κ3) is 5.70. The molecule has 0 aromatic heterocycles. The summed E-state index contributed by atoms with van der Waals surface area (Å²) in [7, 11) is 2.64. The third-order valence-corrected chi connectivity index (χ3v) is 9.04. The van der Waals surface area contributed by atoms with Crippen molar-refractivity contribution in [2.24, 2.45) is 0 Å². The second-order valence-corrected chi connectivity index (χ2v) is 11.1. The molecule has 2 aromatic rings. The number of nitrogens with zero attached hydrogens (tertiary/aromatic N) is 2. The Bertz CT molecular complexity index is 1070. The molecule has 0 bridgehead atoms. The molecule has 0 spiro atoms. The van der Waals surface area contributed by atoms with Gasteiger partial charge in [0.25, 0.3) is 11.8 Å². The quantitative estimate of drug-likeness (QED) is 0.499. The highest BCUT2D eigenvalue weighted by atomic mass is 33.1. The number of amides is 2. The van der Waals surface area contributed by atoms with E-state index in [0.717, 1.165) is 25.7 Å². The molecule has 0 radical (unpaired) electrons. The first-order valence-corrected chi connectivity index (χ1v) is 14.1. The van der Waals surface area contributed by atoms with E-state index in [2.05, 4.69) is 0 Å². The van der Waals surface area contributed by atoms with Crippen LogP contribution in [-0.4, -0.2) is 68.9 Å². The Balaban J connectivity index is 1.54. The van der Waals surface area contributed by atoms with E-state index in [9.17, 15) is 29.4 Å². The minimum Gasteiger partial charge on any atom is -0.480 e. The fraction of sp³-hybridized carbons (Fsp3) is 0.385. The standard InChI is InChI=1S/C26H28N2O6S2/c29-23(27-15-7-5-11-19(27)25(31)32)17-9-1-3-13-21(17)35-36-22-14-4-2-10-18(22)24(30)28-16-8-6-12-20(28)26(33)34/h1-4,9-10,13-14,19-20H,5-8,11-12,15-16H2,(H,31,32)(H,33,34)/t19-,20-/m0/s1. The smallest absolute Gasteiger partial charge is 0.326 e. The molecule has 36 heavy (non-hydrogen) atoms. The van der Waals surface area contributed by atoms with Gasteiger partial charge >= 0.3 is 11.9 Å². The zero-order chi connectivity index (χ0) is 25.7. The van der Waals surface area contributed by atoms with Crippen molar-refractivity contribution in [1.29, 1.82) is 0 Å². The fourth-order valence-electron chi connectivity index (χ4n) is 4.69. The van der Waals surface area contributed by atoms with Gasteiger partial charge in [0.15, 0.2) is 0 Å². The van der Waals surface area contributed by atoms with Gasteiger partial charge in [-0.15, -0.1) is 0 Å². The molecule has 8 nitrogen and oxygen atoms in total. The Hall–Kier alpha value is -2.98. The summed E-state index contributed by atoms with van der Waals surface area (Å²) in [6.07, 6.45) is 3.96. The number of likely N-dealkylation sites (tertiary alicyclic amines) is 2. The van der Waals surface area contributed by atoms with Gasteiger partial charge in [-0.25, -0.2) is 9.59 Å². The number of carboxylic acid groups (broad SMARTS) is 2. The molecule has 2 aliphatic heterocycles. The molecular weight excluding hydrogens is 500 g/mol. The fourth-order valence-corrected chi connectivity index (χ4v) is 7.04. The maximum absolute atomic E-state index is 13.4. The number of hydrogen-bond donors (Lipinski definition) is 2. The average molecular weight is 529 g/mol. The van der Waals surface area contributed by atoms with E-state index in [4.69, 9.17) is 0 Å². The number of carbonyl (C=O) groups is 4. The third-order valence-electron chi connectivity index (χ3n) is 6.55. The molecule has 2 aromatic carbocycles. The summed E-state index contributed by atoms with van der Waals surface area (Å²) in [6, 6.07) is 12.5. The van der Waals surface area contributed by atoms with Crippen LogP contribution >= 0.6 is 21.6 Å². The molecule has 190 valence electrons. The molecule has 10 heteroatoms. The highest BCUT2D eigenvalue weighted by Gasteiger charge is 2.34. The lowest BCUT2D eigenvalue weighted by atomic mass is 10.0. The first-order valence-electron chi connectivity index (χ1n) is 12.0. The second-order valence-electron chi connectivity index (χ2n) is 8.86. The number of rotatable bonds is 7. The minimum atomic E-state index is -0.993. The Morgan fingerprint density at radius 2 is 1.03 bits per heavy atom. The Morgan fingerprint density at radius 1 is 0.639 bits per heavy atom. The van der Waals surface area contributed by atoms with Gasteiger partial charge in [0.2, 0.25) is 0 Å². The second kappa shape index (κ2) is 11.8. The van der Waals surface area contributed by atoms with Crippen molar-refractivity contribution in [2.75, 3.05) is 13.1 Å². The van der Waals surface area contributed by atoms with Gasteiger partial charge in [-0.2, -0.15) is 0 Å². The summed E-state index contributed by atoms with van der Waals surface area (Å²) in [5, 5.41) is 19.2. The van der Waals surface area contributed by atoms with Gasteiger partial charge < -0.3 is 20.0 Å². The summed E-state index contributed by atoms with van der Waals surface area (Å²) >= 11 is 0. The summed E-state index contributed by atoms with van der Waals surface area (Å²) in [4.78, 5) is 54.4. The first kappa shape index (κ1) is 26.1. The first-order chi connectivity index (χ1) is 17.4.